The summed E-state index contributed by atoms with van der Waals surface area (Å²) >= 11 is 0. The predicted molar refractivity (Wildman–Crippen MR) is 76.6 cm³/mol. The van der Waals surface area contributed by atoms with E-state index in [4.69, 9.17) is 9.47 Å². The predicted octanol–water partition coefficient (Wildman–Crippen LogP) is 3.46. The van der Waals surface area contributed by atoms with Crippen molar-refractivity contribution in [1.29, 1.82) is 0 Å². The fraction of sp³-hybridized carbons (Fsp3) is 0.375. The van der Waals surface area contributed by atoms with E-state index in [0.717, 1.165) is 12.0 Å². The van der Waals surface area contributed by atoms with E-state index in [1.54, 1.807) is 18.2 Å². The minimum Gasteiger partial charge on any atom is -0.421 e. The summed E-state index contributed by atoms with van der Waals surface area (Å²) in [5.41, 5.74) is 1.39. The van der Waals surface area contributed by atoms with E-state index in [1.165, 1.54) is 26.0 Å². The first-order valence-corrected chi connectivity index (χ1v) is 6.72. The third-order valence-electron chi connectivity index (χ3n) is 2.61. The number of benzene rings is 1. The van der Waals surface area contributed by atoms with Crippen LogP contribution in [-0.4, -0.2) is 18.2 Å². The lowest BCUT2D eigenvalue weighted by atomic mass is 10.1. The van der Waals surface area contributed by atoms with Crippen LogP contribution < -0.4 is 0 Å². The van der Waals surface area contributed by atoms with Crippen molar-refractivity contribution in [3.63, 3.8) is 0 Å². The van der Waals surface area contributed by atoms with Crippen molar-refractivity contribution in [3.8, 4) is 0 Å². The summed E-state index contributed by atoms with van der Waals surface area (Å²) in [6, 6.07) is 5.87. The maximum atomic E-state index is 12.9. The maximum Gasteiger partial charge on any atom is 0.305 e. The van der Waals surface area contributed by atoms with Crippen LogP contribution in [0.4, 0.5) is 4.39 Å². The Morgan fingerprint density at radius 2 is 1.67 bits per heavy atom. The number of hydrogen-bond acceptors (Lipinski definition) is 4. The van der Waals surface area contributed by atoms with E-state index >= 15 is 0 Å². The van der Waals surface area contributed by atoms with E-state index in [2.05, 4.69) is 0 Å². The summed E-state index contributed by atoms with van der Waals surface area (Å²) in [5.74, 6) is -1.41. The zero-order valence-electron chi connectivity index (χ0n) is 12.4. The summed E-state index contributed by atoms with van der Waals surface area (Å²) in [5, 5.41) is 0. The second-order valence-corrected chi connectivity index (χ2v) is 4.57. The molecule has 0 bridgehead atoms. The second-order valence-electron chi connectivity index (χ2n) is 4.57. The zero-order valence-corrected chi connectivity index (χ0v) is 12.4. The fourth-order valence-corrected chi connectivity index (χ4v) is 1.80. The van der Waals surface area contributed by atoms with Crippen LogP contribution in [0, 0.1) is 5.82 Å². The molecule has 0 atom stereocenters. The fourth-order valence-electron chi connectivity index (χ4n) is 1.80. The third kappa shape index (κ3) is 6.21. The Balaban J connectivity index is 3.06. The van der Waals surface area contributed by atoms with Gasteiger partial charge in [0.15, 0.2) is 0 Å². The molecule has 5 heteroatoms. The molecule has 0 radical (unpaired) electrons. The molecular formula is C16H19FO4. The first kappa shape index (κ1) is 16.9. The van der Waals surface area contributed by atoms with Gasteiger partial charge in [-0.25, -0.2) is 4.39 Å². The van der Waals surface area contributed by atoms with Crippen LogP contribution in [0.2, 0.25) is 0 Å². The van der Waals surface area contributed by atoms with Gasteiger partial charge in [0, 0.05) is 19.4 Å². The normalized spacial score (nSPS) is 11.4. The molecule has 0 fully saturated rings. The van der Waals surface area contributed by atoms with Crippen molar-refractivity contribution in [2.45, 2.75) is 39.9 Å². The Hall–Kier alpha value is -2.17. The Morgan fingerprint density at radius 1 is 1.14 bits per heavy atom. The minimum absolute atomic E-state index is 0.333. The van der Waals surface area contributed by atoms with Gasteiger partial charge in [-0.1, -0.05) is 25.5 Å². The molecule has 4 nitrogen and oxygen atoms in total. The van der Waals surface area contributed by atoms with Gasteiger partial charge in [-0.05, 0) is 30.2 Å². The van der Waals surface area contributed by atoms with E-state index in [-0.39, 0.29) is 5.82 Å². The molecule has 0 N–H and O–H groups in total. The third-order valence-corrected chi connectivity index (χ3v) is 2.61. The van der Waals surface area contributed by atoms with Crippen molar-refractivity contribution < 1.29 is 23.5 Å². The van der Waals surface area contributed by atoms with E-state index in [9.17, 15) is 14.0 Å². The van der Waals surface area contributed by atoms with Gasteiger partial charge in [-0.15, -0.1) is 0 Å². The lowest BCUT2D eigenvalue weighted by Gasteiger charge is -2.19. The molecule has 0 aliphatic heterocycles. The van der Waals surface area contributed by atoms with Gasteiger partial charge in [-0.3, -0.25) is 9.59 Å². The number of ether oxygens (including phenoxy) is 2. The highest BCUT2D eigenvalue weighted by Crippen LogP contribution is 2.20. The van der Waals surface area contributed by atoms with Crippen LogP contribution in [0.15, 0.2) is 29.8 Å². The molecule has 0 aliphatic carbocycles. The zero-order chi connectivity index (χ0) is 15.8. The first-order valence-electron chi connectivity index (χ1n) is 6.72. The summed E-state index contributed by atoms with van der Waals surface area (Å²) in [4.78, 5) is 22.3. The molecule has 0 spiro atoms. The molecule has 1 aromatic carbocycles. The number of carbonyl (C=O) groups is 2. The number of hydrogen-bond donors (Lipinski definition) is 0. The quantitative estimate of drug-likeness (QED) is 0.595. The topological polar surface area (TPSA) is 52.6 Å². The molecule has 0 heterocycles. The average Bonchev–Trinajstić information content (AvgIpc) is 2.39. The molecule has 0 saturated heterocycles. The molecule has 0 unspecified atom stereocenters. The number of halogens is 1. The Morgan fingerprint density at radius 3 is 2.10 bits per heavy atom. The summed E-state index contributed by atoms with van der Waals surface area (Å²) in [6.45, 7) is 4.45. The number of esters is 2. The molecule has 1 rings (SSSR count). The summed E-state index contributed by atoms with van der Waals surface area (Å²) in [6.07, 6.45) is 2.05. The lowest BCUT2D eigenvalue weighted by molar-refractivity contribution is -0.178. The molecule has 21 heavy (non-hydrogen) atoms. The van der Waals surface area contributed by atoms with Crippen molar-refractivity contribution in [3.05, 3.63) is 41.2 Å². The van der Waals surface area contributed by atoms with Gasteiger partial charge in [0.2, 0.25) is 0 Å². The van der Waals surface area contributed by atoms with E-state index < -0.39 is 18.2 Å². The van der Waals surface area contributed by atoms with E-state index in [1.807, 2.05) is 6.92 Å². The number of rotatable bonds is 6. The largest absolute Gasteiger partial charge is 0.421 e. The van der Waals surface area contributed by atoms with Crippen molar-refractivity contribution in [2.75, 3.05) is 0 Å². The Kier molecular flexibility index (Phi) is 6.59. The van der Waals surface area contributed by atoms with Crippen LogP contribution in [0.3, 0.4) is 0 Å². The van der Waals surface area contributed by atoms with Gasteiger partial charge in [-0.2, -0.15) is 0 Å². The first-order chi connectivity index (χ1) is 9.92. The monoisotopic (exact) mass is 294 g/mol. The van der Waals surface area contributed by atoms with Crippen LogP contribution in [0.5, 0.6) is 0 Å². The highest BCUT2D eigenvalue weighted by molar-refractivity contribution is 5.69. The van der Waals surface area contributed by atoms with Crippen LogP contribution in [0.25, 0.3) is 6.08 Å². The molecule has 114 valence electrons. The molecule has 1 aromatic rings. The van der Waals surface area contributed by atoms with Crippen molar-refractivity contribution in [1.82, 2.24) is 0 Å². The summed E-state index contributed by atoms with van der Waals surface area (Å²) in [7, 11) is 0. The second kappa shape index (κ2) is 8.19. The van der Waals surface area contributed by atoms with Crippen LogP contribution >= 0.6 is 0 Å². The molecule has 0 aromatic heterocycles. The Bertz CT molecular complexity index is 504. The highest BCUT2D eigenvalue weighted by atomic mass is 19.1. The summed E-state index contributed by atoms with van der Waals surface area (Å²) < 4.78 is 23.0. The smallest absolute Gasteiger partial charge is 0.305 e. The van der Waals surface area contributed by atoms with Gasteiger partial charge in [0.25, 0.3) is 6.29 Å². The van der Waals surface area contributed by atoms with Crippen molar-refractivity contribution in [2.24, 2.45) is 0 Å². The Labute approximate surface area is 123 Å². The van der Waals surface area contributed by atoms with Crippen LogP contribution in [-0.2, 0) is 19.1 Å². The van der Waals surface area contributed by atoms with Gasteiger partial charge >= 0.3 is 11.9 Å². The standard InChI is InChI=1S/C16H19FO4/c1-4-5-14(10-13-6-8-15(17)9-7-13)16(20-11(2)18)21-12(3)19/h6-10,16H,4-5H2,1-3H3. The average molecular weight is 294 g/mol. The molecule has 0 aliphatic rings. The molecule has 0 amide bonds. The van der Waals surface area contributed by atoms with Gasteiger partial charge < -0.3 is 9.47 Å². The van der Waals surface area contributed by atoms with Gasteiger partial charge in [0.1, 0.15) is 5.82 Å². The van der Waals surface area contributed by atoms with Crippen molar-refractivity contribution >= 4 is 18.0 Å². The van der Waals surface area contributed by atoms with E-state index in [0.29, 0.717) is 12.0 Å². The molecule has 0 saturated carbocycles. The number of carbonyl (C=O) groups excluding carboxylic acids is 2. The lowest BCUT2D eigenvalue weighted by Crippen LogP contribution is -2.24. The maximum absolute atomic E-state index is 12.9. The van der Waals surface area contributed by atoms with Gasteiger partial charge in [0.05, 0.1) is 0 Å². The molecular weight excluding hydrogens is 275 g/mol. The van der Waals surface area contributed by atoms with Crippen LogP contribution in [0.1, 0.15) is 39.2 Å². The SMILES string of the molecule is CCCC(=Cc1ccc(F)cc1)C(OC(C)=O)OC(C)=O. The minimum atomic E-state index is -1.05. The highest BCUT2D eigenvalue weighted by Gasteiger charge is 2.20.